The molecule has 0 unspecified atom stereocenters. The lowest BCUT2D eigenvalue weighted by atomic mass is 10.0. The second-order valence-corrected chi connectivity index (χ2v) is 7.22. The van der Waals surface area contributed by atoms with Crippen LogP contribution in [0.15, 0.2) is 48.5 Å². The van der Waals surface area contributed by atoms with E-state index in [-0.39, 0.29) is 0 Å². The number of rotatable bonds is 10. The van der Waals surface area contributed by atoms with Crippen molar-refractivity contribution in [1.29, 1.82) is 0 Å². The number of hydrogen-bond acceptors (Lipinski definition) is 6. The normalized spacial score (nSPS) is 11.0. The summed E-state index contributed by atoms with van der Waals surface area (Å²) in [4.78, 5) is 0. The van der Waals surface area contributed by atoms with Crippen molar-refractivity contribution in [3.8, 4) is 34.5 Å². The van der Waals surface area contributed by atoms with Crippen molar-refractivity contribution < 1.29 is 28.4 Å². The van der Waals surface area contributed by atoms with Crippen molar-refractivity contribution in [2.75, 3.05) is 42.7 Å². The smallest absolute Gasteiger partial charge is 0.126 e. The first-order valence-corrected chi connectivity index (χ1v) is 10.6. The molecule has 0 saturated heterocycles. The molecule has 34 heavy (non-hydrogen) atoms. The molecule has 0 saturated carbocycles. The van der Waals surface area contributed by atoms with Crippen LogP contribution in [0.1, 0.15) is 22.3 Å². The van der Waals surface area contributed by atoms with Gasteiger partial charge in [0.25, 0.3) is 0 Å². The molecule has 0 N–H and O–H groups in total. The Morgan fingerprint density at radius 3 is 1.00 bits per heavy atom. The van der Waals surface area contributed by atoms with Crippen LogP contribution in [0.2, 0.25) is 0 Å². The van der Waals surface area contributed by atoms with E-state index in [9.17, 15) is 0 Å². The highest BCUT2D eigenvalue weighted by atomic mass is 16.5. The lowest BCUT2D eigenvalue weighted by Crippen LogP contribution is -1.94. The number of ether oxygens (including phenoxy) is 6. The topological polar surface area (TPSA) is 55.4 Å². The number of hydrogen-bond donors (Lipinski definition) is 0. The van der Waals surface area contributed by atoms with Gasteiger partial charge in [-0.05, 0) is 48.5 Å². The van der Waals surface area contributed by atoms with E-state index in [1.165, 1.54) is 0 Å². The van der Waals surface area contributed by atoms with Gasteiger partial charge in [-0.3, -0.25) is 0 Å². The van der Waals surface area contributed by atoms with Gasteiger partial charge >= 0.3 is 0 Å². The minimum absolute atomic E-state index is 0.705. The summed E-state index contributed by atoms with van der Waals surface area (Å²) in [5.74, 6) is 4.40. The van der Waals surface area contributed by atoms with E-state index in [0.717, 1.165) is 45.3 Å². The fraction of sp³-hybridized carbons (Fsp3) is 0.214. The summed E-state index contributed by atoms with van der Waals surface area (Å²) in [6.07, 6.45) is 7.82. The van der Waals surface area contributed by atoms with E-state index < -0.39 is 0 Å². The van der Waals surface area contributed by atoms with Crippen LogP contribution in [0.3, 0.4) is 0 Å². The monoisotopic (exact) mass is 462 g/mol. The lowest BCUT2D eigenvalue weighted by molar-refractivity contribution is 0.401. The lowest BCUT2D eigenvalue weighted by Gasteiger charge is -2.12. The molecular formula is C28H30O6. The van der Waals surface area contributed by atoms with E-state index in [2.05, 4.69) is 0 Å². The van der Waals surface area contributed by atoms with Crippen LogP contribution in [0.4, 0.5) is 0 Å². The first kappa shape index (κ1) is 24.6. The van der Waals surface area contributed by atoms with Gasteiger partial charge in [-0.15, -0.1) is 0 Å². The zero-order valence-corrected chi connectivity index (χ0v) is 20.4. The van der Waals surface area contributed by atoms with Crippen molar-refractivity contribution in [2.45, 2.75) is 0 Å². The van der Waals surface area contributed by atoms with Crippen LogP contribution in [0.25, 0.3) is 24.3 Å². The van der Waals surface area contributed by atoms with E-state index in [1.807, 2.05) is 72.8 Å². The van der Waals surface area contributed by atoms with Crippen LogP contribution in [-0.2, 0) is 0 Å². The van der Waals surface area contributed by atoms with Gasteiger partial charge < -0.3 is 28.4 Å². The van der Waals surface area contributed by atoms with Crippen molar-refractivity contribution in [3.63, 3.8) is 0 Å². The minimum atomic E-state index is 0.705. The molecule has 3 rings (SSSR count). The van der Waals surface area contributed by atoms with Gasteiger partial charge in [0.15, 0.2) is 0 Å². The molecule has 6 nitrogen and oxygen atoms in total. The number of methoxy groups -OCH3 is 6. The molecule has 0 heterocycles. The summed E-state index contributed by atoms with van der Waals surface area (Å²) in [5.41, 5.74) is 3.49. The van der Waals surface area contributed by atoms with Crippen LogP contribution in [-0.4, -0.2) is 42.7 Å². The Kier molecular flexibility index (Phi) is 8.46. The molecule has 0 spiro atoms. The highest BCUT2D eigenvalue weighted by Crippen LogP contribution is 2.34. The summed E-state index contributed by atoms with van der Waals surface area (Å²) in [6.45, 7) is 0. The van der Waals surface area contributed by atoms with Crippen LogP contribution in [0, 0.1) is 0 Å². The third-order valence-electron chi connectivity index (χ3n) is 5.34. The zero-order valence-electron chi connectivity index (χ0n) is 20.4. The Balaban J connectivity index is 1.99. The van der Waals surface area contributed by atoms with Gasteiger partial charge in [0.1, 0.15) is 34.5 Å². The van der Waals surface area contributed by atoms with Crippen LogP contribution in [0.5, 0.6) is 34.5 Å². The van der Waals surface area contributed by atoms with Crippen LogP contribution < -0.4 is 28.4 Å². The molecule has 0 aliphatic heterocycles. The fourth-order valence-corrected chi connectivity index (χ4v) is 3.50. The zero-order chi connectivity index (χ0) is 24.5. The Hall–Kier alpha value is -4.06. The Bertz CT molecular complexity index is 1090. The largest absolute Gasteiger partial charge is 0.497 e. The average molecular weight is 463 g/mol. The average Bonchev–Trinajstić information content (AvgIpc) is 2.89. The molecule has 3 aromatic carbocycles. The van der Waals surface area contributed by atoms with E-state index in [1.54, 1.807) is 42.7 Å². The van der Waals surface area contributed by atoms with Crippen molar-refractivity contribution >= 4 is 24.3 Å². The molecule has 0 atom stereocenters. The van der Waals surface area contributed by atoms with Gasteiger partial charge in [0.2, 0.25) is 0 Å². The van der Waals surface area contributed by atoms with Gasteiger partial charge in [0, 0.05) is 22.3 Å². The Labute approximate surface area is 200 Å². The second-order valence-electron chi connectivity index (χ2n) is 7.22. The first-order valence-electron chi connectivity index (χ1n) is 10.6. The quantitative estimate of drug-likeness (QED) is 0.341. The second kappa shape index (κ2) is 11.7. The van der Waals surface area contributed by atoms with Gasteiger partial charge in [-0.1, -0.05) is 24.3 Å². The predicted molar refractivity (Wildman–Crippen MR) is 136 cm³/mol. The van der Waals surface area contributed by atoms with Crippen molar-refractivity contribution in [2.24, 2.45) is 0 Å². The molecule has 0 bridgehead atoms. The molecule has 0 aromatic heterocycles. The highest BCUT2D eigenvalue weighted by molar-refractivity contribution is 5.81. The Morgan fingerprint density at radius 2 is 0.706 bits per heavy atom. The van der Waals surface area contributed by atoms with Crippen LogP contribution >= 0.6 is 0 Å². The standard InChI is InChI=1S/C28H30O6/c1-29-23-11-13-25(31-3)19(15-23)7-9-21-17-28(34-6)22(18-27(21)33-5)10-8-20-16-24(30-2)12-14-26(20)32-4/h7-18H,1-6H3/b9-7+,10-8+. The Morgan fingerprint density at radius 1 is 0.382 bits per heavy atom. The molecule has 3 aromatic rings. The SMILES string of the molecule is COc1ccc(OC)c(/C=C/c2cc(OC)c(/C=C/c3cc(OC)ccc3OC)cc2OC)c1. The van der Waals surface area contributed by atoms with E-state index in [0.29, 0.717) is 11.5 Å². The third-order valence-corrected chi connectivity index (χ3v) is 5.34. The summed E-state index contributed by atoms with van der Waals surface area (Å²) in [6, 6.07) is 15.2. The molecule has 0 amide bonds. The maximum Gasteiger partial charge on any atom is 0.126 e. The molecular weight excluding hydrogens is 432 g/mol. The number of benzene rings is 3. The van der Waals surface area contributed by atoms with Gasteiger partial charge in [0.05, 0.1) is 42.7 Å². The van der Waals surface area contributed by atoms with Crippen molar-refractivity contribution in [3.05, 3.63) is 70.8 Å². The molecule has 0 fully saturated rings. The van der Waals surface area contributed by atoms with Gasteiger partial charge in [-0.25, -0.2) is 0 Å². The molecule has 0 radical (unpaired) electrons. The van der Waals surface area contributed by atoms with E-state index in [4.69, 9.17) is 28.4 Å². The summed E-state index contributed by atoms with van der Waals surface area (Å²) < 4.78 is 33.0. The van der Waals surface area contributed by atoms with E-state index >= 15 is 0 Å². The first-order chi connectivity index (χ1) is 16.6. The molecule has 0 aliphatic rings. The molecule has 0 aliphatic carbocycles. The maximum atomic E-state index is 5.67. The summed E-state index contributed by atoms with van der Waals surface area (Å²) >= 11 is 0. The molecule has 178 valence electrons. The predicted octanol–water partition coefficient (Wildman–Crippen LogP) is 6.08. The van der Waals surface area contributed by atoms with Crippen molar-refractivity contribution in [1.82, 2.24) is 0 Å². The summed E-state index contributed by atoms with van der Waals surface area (Å²) in [5, 5.41) is 0. The highest BCUT2D eigenvalue weighted by Gasteiger charge is 2.10. The maximum absolute atomic E-state index is 5.67. The summed E-state index contributed by atoms with van der Waals surface area (Å²) in [7, 11) is 9.84. The third kappa shape index (κ3) is 5.64. The van der Waals surface area contributed by atoms with Gasteiger partial charge in [-0.2, -0.15) is 0 Å². The minimum Gasteiger partial charge on any atom is -0.497 e. The fourth-order valence-electron chi connectivity index (χ4n) is 3.50. The molecule has 6 heteroatoms.